The Hall–Kier alpha value is -1.78. The smallest absolute Gasteiger partial charge is 0.0886 e. The molecule has 0 spiro atoms. The van der Waals surface area contributed by atoms with E-state index in [0.717, 1.165) is 11.4 Å². The van der Waals surface area contributed by atoms with Gasteiger partial charge in [0.2, 0.25) is 0 Å². The lowest BCUT2D eigenvalue weighted by molar-refractivity contribution is 0.824. The van der Waals surface area contributed by atoms with Gasteiger partial charge in [0.05, 0.1) is 11.4 Å². The average molecular weight is 191 g/mol. The van der Waals surface area contributed by atoms with Gasteiger partial charge in [-0.3, -0.25) is 9.97 Å². The van der Waals surface area contributed by atoms with Crippen molar-refractivity contribution >= 4 is 0 Å². The summed E-state index contributed by atoms with van der Waals surface area (Å²) in [5.74, 6) is 0. The van der Waals surface area contributed by atoms with Crippen LogP contribution in [0.3, 0.4) is 0 Å². The fourth-order valence-corrected chi connectivity index (χ4v) is 1.03. The summed E-state index contributed by atoms with van der Waals surface area (Å²) in [5.41, 5.74) is 1.83. The fourth-order valence-electron chi connectivity index (χ4n) is 1.03. The Bertz CT molecular complexity index is 313. The predicted molar refractivity (Wildman–Crippen MR) is 56.1 cm³/mol. The van der Waals surface area contributed by atoms with Crippen LogP contribution in [0.15, 0.2) is 48.8 Å². The van der Waals surface area contributed by atoms with Gasteiger partial charge in [-0.1, -0.05) is 12.1 Å². The van der Waals surface area contributed by atoms with Crippen molar-refractivity contribution in [3.8, 4) is 11.4 Å². The molecule has 4 heteroatoms. The minimum absolute atomic E-state index is 0. The zero-order valence-corrected chi connectivity index (χ0v) is 7.72. The molecule has 2 aromatic rings. The Kier molecular flexibility index (Phi) is 5.06. The zero-order chi connectivity index (χ0) is 8.23. The standard InChI is InChI=1S/C10H8N2.H3N.H2O/c1-3-7-11-9(5-1)10-6-2-4-8-12-10;;/h1-8H;1H3;1H2. The molecule has 0 bridgehead atoms. The molecular formula is C10H13N3O. The van der Waals surface area contributed by atoms with Gasteiger partial charge in [-0.15, -0.1) is 0 Å². The molecule has 5 N–H and O–H groups in total. The fraction of sp³-hybridized carbons (Fsp3) is 0. The number of rotatable bonds is 1. The lowest BCUT2D eigenvalue weighted by Gasteiger charge is -1.96. The van der Waals surface area contributed by atoms with Gasteiger partial charge in [0, 0.05) is 12.4 Å². The molecule has 0 fully saturated rings. The van der Waals surface area contributed by atoms with Gasteiger partial charge in [0.25, 0.3) is 0 Å². The maximum atomic E-state index is 4.19. The van der Waals surface area contributed by atoms with Crippen molar-refractivity contribution in [2.45, 2.75) is 0 Å². The lowest BCUT2D eigenvalue weighted by atomic mass is 10.2. The second-order valence-corrected chi connectivity index (χ2v) is 2.43. The molecule has 0 unspecified atom stereocenters. The Balaban J connectivity index is 0.000000845. The third kappa shape index (κ3) is 2.62. The van der Waals surface area contributed by atoms with Crippen molar-refractivity contribution < 1.29 is 5.48 Å². The van der Waals surface area contributed by atoms with E-state index < -0.39 is 0 Å². The van der Waals surface area contributed by atoms with Crippen LogP contribution in [-0.2, 0) is 0 Å². The first-order valence-electron chi connectivity index (χ1n) is 3.79. The molecule has 0 amide bonds. The molecule has 0 aliphatic carbocycles. The molecule has 74 valence electrons. The number of hydrogen-bond donors (Lipinski definition) is 1. The quantitative estimate of drug-likeness (QED) is 0.739. The summed E-state index contributed by atoms with van der Waals surface area (Å²) in [6.45, 7) is 0. The molecule has 14 heavy (non-hydrogen) atoms. The summed E-state index contributed by atoms with van der Waals surface area (Å²) in [7, 11) is 0. The number of pyridine rings is 2. The summed E-state index contributed by atoms with van der Waals surface area (Å²) >= 11 is 0. The summed E-state index contributed by atoms with van der Waals surface area (Å²) < 4.78 is 0. The van der Waals surface area contributed by atoms with E-state index in [2.05, 4.69) is 9.97 Å². The molecule has 0 aliphatic rings. The van der Waals surface area contributed by atoms with Crippen molar-refractivity contribution in [1.82, 2.24) is 16.1 Å². The predicted octanol–water partition coefficient (Wildman–Crippen LogP) is 1.48. The summed E-state index contributed by atoms with van der Waals surface area (Å²) in [6, 6.07) is 11.6. The topological polar surface area (TPSA) is 92.3 Å². The van der Waals surface area contributed by atoms with Crippen LogP contribution in [0.4, 0.5) is 0 Å². The molecule has 0 saturated heterocycles. The summed E-state index contributed by atoms with van der Waals surface area (Å²) in [5, 5.41) is 0. The molecule has 0 aromatic carbocycles. The third-order valence-electron chi connectivity index (χ3n) is 1.59. The van der Waals surface area contributed by atoms with Crippen LogP contribution in [0.5, 0.6) is 0 Å². The van der Waals surface area contributed by atoms with Gasteiger partial charge < -0.3 is 11.6 Å². The van der Waals surface area contributed by atoms with E-state index in [-0.39, 0.29) is 11.6 Å². The van der Waals surface area contributed by atoms with Gasteiger partial charge in [-0.2, -0.15) is 0 Å². The van der Waals surface area contributed by atoms with E-state index >= 15 is 0 Å². The van der Waals surface area contributed by atoms with Gasteiger partial charge in [-0.25, -0.2) is 0 Å². The van der Waals surface area contributed by atoms with Gasteiger partial charge in [-0.05, 0) is 24.3 Å². The summed E-state index contributed by atoms with van der Waals surface area (Å²) in [4.78, 5) is 8.37. The minimum Gasteiger partial charge on any atom is -0.412 e. The number of hydrogen-bond acceptors (Lipinski definition) is 3. The van der Waals surface area contributed by atoms with Crippen molar-refractivity contribution in [1.29, 1.82) is 0 Å². The highest BCUT2D eigenvalue weighted by atomic mass is 16.0. The highest BCUT2D eigenvalue weighted by Gasteiger charge is 1.95. The van der Waals surface area contributed by atoms with Gasteiger partial charge in [0.15, 0.2) is 0 Å². The molecule has 4 nitrogen and oxygen atoms in total. The Labute approximate surface area is 82.5 Å². The SMILES string of the molecule is N.O.c1ccc(-c2ccccn2)nc1. The van der Waals surface area contributed by atoms with Crippen LogP contribution in [0, 0.1) is 0 Å². The van der Waals surface area contributed by atoms with E-state index in [1.165, 1.54) is 0 Å². The number of aromatic nitrogens is 2. The zero-order valence-electron chi connectivity index (χ0n) is 7.72. The molecule has 0 radical (unpaired) electrons. The van der Waals surface area contributed by atoms with Crippen molar-refractivity contribution in [3.05, 3.63) is 48.8 Å². The second kappa shape index (κ2) is 5.80. The van der Waals surface area contributed by atoms with Crippen molar-refractivity contribution in [2.75, 3.05) is 0 Å². The first-order valence-corrected chi connectivity index (χ1v) is 3.79. The van der Waals surface area contributed by atoms with Crippen LogP contribution >= 0.6 is 0 Å². The monoisotopic (exact) mass is 191 g/mol. The first kappa shape index (κ1) is 12.2. The van der Waals surface area contributed by atoms with Crippen LogP contribution in [0.2, 0.25) is 0 Å². The van der Waals surface area contributed by atoms with E-state index in [4.69, 9.17) is 0 Å². The van der Waals surface area contributed by atoms with E-state index in [9.17, 15) is 0 Å². The largest absolute Gasteiger partial charge is 0.412 e. The maximum Gasteiger partial charge on any atom is 0.0886 e. The molecule has 2 heterocycles. The number of nitrogens with zero attached hydrogens (tertiary/aromatic N) is 2. The van der Waals surface area contributed by atoms with Crippen LogP contribution in [0.1, 0.15) is 0 Å². The first-order chi connectivity index (χ1) is 5.97. The average Bonchev–Trinajstić information content (AvgIpc) is 2.21. The van der Waals surface area contributed by atoms with Gasteiger partial charge in [0.1, 0.15) is 0 Å². The van der Waals surface area contributed by atoms with E-state index in [1.54, 1.807) is 12.4 Å². The molecular weight excluding hydrogens is 178 g/mol. The van der Waals surface area contributed by atoms with E-state index in [0.29, 0.717) is 0 Å². The van der Waals surface area contributed by atoms with E-state index in [1.807, 2.05) is 36.4 Å². The third-order valence-corrected chi connectivity index (χ3v) is 1.59. The normalized spacial score (nSPS) is 8.29. The minimum atomic E-state index is 0. The highest BCUT2D eigenvalue weighted by molar-refractivity contribution is 5.52. The van der Waals surface area contributed by atoms with Crippen LogP contribution in [-0.4, -0.2) is 15.4 Å². The molecule has 0 atom stereocenters. The van der Waals surface area contributed by atoms with Crippen LogP contribution < -0.4 is 6.15 Å². The van der Waals surface area contributed by atoms with Crippen molar-refractivity contribution in [3.63, 3.8) is 0 Å². The lowest BCUT2D eigenvalue weighted by Crippen LogP contribution is -1.83. The van der Waals surface area contributed by atoms with Gasteiger partial charge >= 0.3 is 0 Å². The molecule has 2 aromatic heterocycles. The molecule has 0 saturated carbocycles. The van der Waals surface area contributed by atoms with Crippen LogP contribution in [0.25, 0.3) is 11.4 Å². The second-order valence-electron chi connectivity index (χ2n) is 2.43. The Morgan fingerprint density at radius 3 is 1.43 bits per heavy atom. The molecule has 2 rings (SSSR count). The summed E-state index contributed by atoms with van der Waals surface area (Å²) in [6.07, 6.45) is 3.54. The Morgan fingerprint density at radius 2 is 1.14 bits per heavy atom. The molecule has 0 aliphatic heterocycles. The Morgan fingerprint density at radius 1 is 0.714 bits per heavy atom. The highest BCUT2D eigenvalue weighted by Crippen LogP contribution is 2.10. The maximum absolute atomic E-state index is 4.19. The van der Waals surface area contributed by atoms with Crippen molar-refractivity contribution in [2.24, 2.45) is 0 Å².